The lowest BCUT2D eigenvalue weighted by Crippen LogP contribution is -2.34. The number of unbranched alkanes of at least 4 members (excludes halogenated alkanes) is 1. The highest BCUT2D eigenvalue weighted by Crippen LogP contribution is 2.33. The van der Waals surface area contributed by atoms with Crippen LogP contribution in [0, 0.1) is 0 Å². The van der Waals surface area contributed by atoms with Crippen LogP contribution in [0.4, 0.5) is 0 Å². The number of likely N-dealkylation sites (tertiary alicyclic amines) is 1. The molecule has 220 valence electrons. The lowest BCUT2D eigenvalue weighted by Gasteiger charge is -2.32. The fraction of sp³-hybridized carbons (Fsp3) is 0.424. The van der Waals surface area contributed by atoms with Gasteiger partial charge in [0.05, 0.1) is 20.3 Å². The number of piperidine rings is 1. The maximum absolute atomic E-state index is 12.2. The fourth-order valence-electron chi connectivity index (χ4n) is 5.15. The van der Waals surface area contributed by atoms with E-state index in [4.69, 9.17) is 18.9 Å². The molecule has 0 atom stereocenters. The molecule has 0 spiro atoms. The van der Waals surface area contributed by atoms with Crippen molar-refractivity contribution in [3.8, 4) is 11.5 Å². The molecule has 8 nitrogen and oxygen atoms in total. The largest absolute Gasteiger partial charge is 0.493 e. The highest BCUT2D eigenvalue weighted by Gasteiger charge is 2.22. The van der Waals surface area contributed by atoms with Gasteiger partial charge in [-0.3, -0.25) is 4.79 Å². The number of methoxy groups -OCH3 is 2. The molecule has 1 amide bonds. The Hall–Kier alpha value is -3.59. The minimum Gasteiger partial charge on any atom is -0.493 e. The van der Waals surface area contributed by atoms with Crippen molar-refractivity contribution in [3.05, 3.63) is 78.0 Å². The minimum atomic E-state index is -0.0796. The second-order valence-corrected chi connectivity index (χ2v) is 10.2. The number of para-hydroxylation sites is 1. The molecule has 0 saturated carbocycles. The number of aromatic nitrogens is 1. The first-order valence-corrected chi connectivity index (χ1v) is 14.5. The Bertz CT molecular complexity index is 1280. The second-order valence-electron chi connectivity index (χ2n) is 10.2. The van der Waals surface area contributed by atoms with E-state index in [0.29, 0.717) is 37.2 Å². The van der Waals surface area contributed by atoms with Gasteiger partial charge in [0.2, 0.25) is 5.91 Å². The number of hydrogen-bond acceptors (Lipinski definition) is 6. The molecule has 2 N–H and O–H groups in total. The molecule has 41 heavy (non-hydrogen) atoms. The van der Waals surface area contributed by atoms with Gasteiger partial charge < -0.3 is 34.1 Å². The second kappa shape index (κ2) is 16.6. The summed E-state index contributed by atoms with van der Waals surface area (Å²) in [7, 11) is 3.22. The number of fused-ring (bicyclic) bond motifs is 1. The van der Waals surface area contributed by atoms with Gasteiger partial charge in [0.1, 0.15) is 0 Å². The third kappa shape index (κ3) is 9.49. The van der Waals surface area contributed by atoms with Crippen LogP contribution in [0.3, 0.4) is 0 Å². The fourth-order valence-corrected chi connectivity index (χ4v) is 5.15. The summed E-state index contributed by atoms with van der Waals surface area (Å²) in [5, 5.41) is 4.35. The van der Waals surface area contributed by atoms with Gasteiger partial charge in [-0.25, -0.2) is 0 Å². The monoisotopic (exact) mass is 561 g/mol. The van der Waals surface area contributed by atoms with Crippen LogP contribution in [0.1, 0.15) is 42.7 Å². The topological polar surface area (TPSA) is 85.1 Å². The summed E-state index contributed by atoms with van der Waals surface area (Å²) in [5.41, 5.74) is 3.63. The summed E-state index contributed by atoms with van der Waals surface area (Å²) in [6, 6.07) is 14.2. The smallest absolute Gasteiger partial charge is 0.243 e. The number of aromatic amines is 1. The zero-order valence-electron chi connectivity index (χ0n) is 24.3. The summed E-state index contributed by atoms with van der Waals surface area (Å²) < 4.78 is 21.3. The Kier molecular flexibility index (Phi) is 12.3. The van der Waals surface area contributed by atoms with Crippen LogP contribution in [0.5, 0.6) is 11.5 Å². The van der Waals surface area contributed by atoms with Gasteiger partial charge in [-0.1, -0.05) is 42.5 Å². The molecule has 4 rings (SSSR count). The van der Waals surface area contributed by atoms with Crippen molar-refractivity contribution in [3.63, 3.8) is 0 Å². The van der Waals surface area contributed by atoms with E-state index < -0.39 is 0 Å². The summed E-state index contributed by atoms with van der Waals surface area (Å²) in [5.74, 6) is 1.77. The maximum Gasteiger partial charge on any atom is 0.243 e. The standard InChI is InChI=1S/C33H43N3O5/c1-38-21-22-40-25-41-31-14-13-26(23-32(31)39-2)9-3-6-12-33(37)34-17-7-8-18-36-19-15-27(16-20-36)29-24-35-30-11-5-4-10-28(29)30/h3-6,9-14,23-24,27,35H,7-8,15-22,25H2,1-2H3,(H,34,37)/b9-3+,12-6+. The number of hydrogen-bond donors (Lipinski definition) is 2. The zero-order valence-corrected chi connectivity index (χ0v) is 24.3. The van der Waals surface area contributed by atoms with Gasteiger partial charge in [0.15, 0.2) is 18.3 Å². The summed E-state index contributed by atoms with van der Waals surface area (Å²) in [6.07, 6.45) is 13.7. The van der Waals surface area contributed by atoms with Crippen LogP contribution in [0.25, 0.3) is 17.0 Å². The van der Waals surface area contributed by atoms with Gasteiger partial charge in [-0.05, 0) is 80.6 Å². The Balaban J connectivity index is 1.08. The summed E-state index contributed by atoms with van der Waals surface area (Å²) >= 11 is 0. The number of H-pyrrole nitrogens is 1. The lowest BCUT2D eigenvalue weighted by molar-refractivity contribution is -0.116. The Morgan fingerprint density at radius 3 is 2.73 bits per heavy atom. The van der Waals surface area contributed by atoms with E-state index in [1.54, 1.807) is 26.4 Å². The first-order chi connectivity index (χ1) is 20.2. The molecule has 2 aromatic carbocycles. The molecule has 1 aromatic heterocycles. The van der Waals surface area contributed by atoms with E-state index in [2.05, 4.69) is 45.7 Å². The quantitative estimate of drug-likeness (QED) is 0.104. The number of carbonyl (C=O) groups is 1. The van der Waals surface area contributed by atoms with Crippen LogP contribution in [-0.4, -0.2) is 76.2 Å². The third-order valence-corrected chi connectivity index (χ3v) is 7.41. The van der Waals surface area contributed by atoms with Gasteiger partial charge in [0.25, 0.3) is 0 Å². The molecular weight excluding hydrogens is 518 g/mol. The van der Waals surface area contributed by atoms with Crippen LogP contribution in [0.15, 0.2) is 66.9 Å². The van der Waals surface area contributed by atoms with Crippen LogP contribution < -0.4 is 14.8 Å². The molecule has 1 aliphatic heterocycles. The van der Waals surface area contributed by atoms with Gasteiger partial charge in [-0.15, -0.1) is 0 Å². The van der Waals surface area contributed by atoms with Crippen LogP contribution in [-0.2, 0) is 14.3 Å². The van der Waals surface area contributed by atoms with E-state index in [9.17, 15) is 4.79 Å². The van der Waals surface area contributed by atoms with Crippen molar-refractivity contribution in [1.82, 2.24) is 15.2 Å². The predicted molar refractivity (Wildman–Crippen MR) is 163 cm³/mol. The van der Waals surface area contributed by atoms with Crippen LogP contribution >= 0.6 is 0 Å². The van der Waals surface area contributed by atoms with Gasteiger partial charge in [0, 0.05) is 36.8 Å². The molecule has 0 aliphatic carbocycles. The molecule has 0 bridgehead atoms. The molecule has 1 aliphatic rings. The Morgan fingerprint density at radius 2 is 1.90 bits per heavy atom. The molecule has 3 aromatic rings. The average molecular weight is 562 g/mol. The molecule has 1 fully saturated rings. The number of amides is 1. The van der Waals surface area contributed by atoms with Gasteiger partial charge in [-0.2, -0.15) is 0 Å². The highest BCUT2D eigenvalue weighted by molar-refractivity contribution is 5.87. The van der Waals surface area contributed by atoms with Crippen LogP contribution in [0.2, 0.25) is 0 Å². The van der Waals surface area contributed by atoms with Crippen molar-refractivity contribution in [2.45, 2.75) is 31.6 Å². The molecule has 0 radical (unpaired) electrons. The molecule has 1 saturated heterocycles. The van der Waals surface area contributed by atoms with E-state index in [1.807, 2.05) is 30.4 Å². The number of benzene rings is 2. The van der Waals surface area contributed by atoms with Crippen molar-refractivity contribution in [2.75, 3.05) is 60.4 Å². The maximum atomic E-state index is 12.2. The Morgan fingerprint density at radius 1 is 1.05 bits per heavy atom. The summed E-state index contributed by atoms with van der Waals surface area (Å²) in [6.45, 7) is 5.15. The average Bonchev–Trinajstić information content (AvgIpc) is 3.44. The summed E-state index contributed by atoms with van der Waals surface area (Å²) in [4.78, 5) is 18.2. The number of carbonyl (C=O) groups excluding carboxylic acids is 1. The number of nitrogens with one attached hydrogen (secondary N) is 2. The molecule has 0 unspecified atom stereocenters. The van der Waals surface area contributed by atoms with Crippen molar-refractivity contribution in [2.24, 2.45) is 0 Å². The van der Waals surface area contributed by atoms with Crippen molar-refractivity contribution < 1.29 is 23.7 Å². The Labute approximate surface area is 243 Å². The van der Waals surface area contributed by atoms with E-state index in [-0.39, 0.29) is 12.7 Å². The minimum absolute atomic E-state index is 0.0796. The van der Waals surface area contributed by atoms with E-state index >= 15 is 0 Å². The normalized spacial score (nSPS) is 14.8. The predicted octanol–water partition coefficient (Wildman–Crippen LogP) is 5.52. The molecule has 8 heteroatoms. The van der Waals surface area contributed by atoms with Crippen molar-refractivity contribution >= 4 is 22.9 Å². The highest BCUT2D eigenvalue weighted by atomic mass is 16.7. The van der Waals surface area contributed by atoms with E-state index in [0.717, 1.165) is 38.0 Å². The first kappa shape index (κ1) is 30.4. The number of ether oxygens (including phenoxy) is 4. The third-order valence-electron chi connectivity index (χ3n) is 7.41. The zero-order chi connectivity index (χ0) is 28.7. The van der Waals surface area contributed by atoms with Crippen molar-refractivity contribution in [1.29, 1.82) is 0 Å². The first-order valence-electron chi connectivity index (χ1n) is 14.5. The molecular formula is C33H43N3O5. The lowest BCUT2D eigenvalue weighted by atomic mass is 9.89. The number of allylic oxidation sites excluding steroid dienone is 2. The number of rotatable bonds is 16. The SMILES string of the molecule is COCCOCOc1ccc(/C=C/C=C/C(=O)NCCCCN2CCC(c3c[nH]c4ccccc34)CC2)cc1OC. The number of nitrogens with zero attached hydrogens (tertiary/aromatic N) is 1. The molecule has 2 heterocycles. The van der Waals surface area contributed by atoms with E-state index in [1.165, 1.54) is 29.3 Å². The van der Waals surface area contributed by atoms with Gasteiger partial charge >= 0.3 is 0 Å².